The van der Waals surface area contributed by atoms with Crippen LogP contribution in [0.25, 0.3) is 0 Å². The van der Waals surface area contributed by atoms with E-state index in [1.165, 1.54) is 32.5 Å². The first-order valence-electron chi connectivity index (χ1n) is 6.54. The van der Waals surface area contributed by atoms with Gasteiger partial charge in [0.1, 0.15) is 0 Å². The van der Waals surface area contributed by atoms with Crippen LogP contribution in [0.4, 0.5) is 0 Å². The molecule has 0 aromatic rings. The molecule has 0 aromatic heterocycles. The number of piperazine rings is 1. The minimum absolute atomic E-state index is 0.389. The molecular weight excluding hydrogens is 216 g/mol. The van der Waals surface area contributed by atoms with Crippen LogP contribution in [0.2, 0.25) is 0 Å². The van der Waals surface area contributed by atoms with Gasteiger partial charge in [-0.05, 0) is 45.8 Å². The predicted octanol–water partition coefficient (Wildman–Crippen LogP) is 2.20. The van der Waals surface area contributed by atoms with Gasteiger partial charge in [0.05, 0.1) is 0 Å². The van der Waals surface area contributed by atoms with Gasteiger partial charge < -0.3 is 5.32 Å². The fraction of sp³-hybridized carbons (Fsp3) is 1.00. The lowest BCUT2D eigenvalue weighted by molar-refractivity contribution is 0.124. The maximum absolute atomic E-state index is 3.72. The molecule has 2 fully saturated rings. The van der Waals surface area contributed by atoms with Gasteiger partial charge in [-0.1, -0.05) is 0 Å². The fourth-order valence-corrected chi connectivity index (χ4v) is 2.83. The lowest BCUT2D eigenvalue weighted by Gasteiger charge is -2.42. The Bertz CT molecular complexity index is 238. The minimum atomic E-state index is 0.389. The molecule has 2 aliphatic rings. The van der Waals surface area contributed by atoms with E-state index < -0.39 is 0 Å². The molecule has 0 spiro atoms. The summed E-state index contributed by atoms with van der Waals surface area (Å²) in [4.78, 5) is 2.69. The minimum Gasteiger partial charge on any atom is -0.311 e. The van der Waals surface area contributed by atoms with Crippen molar-refractivity contribution in [1.29, 1.82) is 0 Å². The van der Waals surface area contributed by atoms with Crippen LogP contribution < -0.4 is 5.32 Å². The molecule has 1 aliphatic heterocycles. The van der Waals surface area contributed by atoms with Crippen molar-refractivity contribution in [3.8, 4) is 0 Å². The highest BCUT2D eigenvalue weighted by Crippen LogP contribution is 2.35. The van der Waals surface area contributed by atoms with Crippen LogP contribution in [-0.2, 0) is 0 Å². The largest absolute Gasteiger partial charge is 0.311 e. The first kappa shape index (κ1) is 12.7. The van der Waals surface area contributed by atoms with Gasteiger partial charge in [-0.25, -0.2) is 0 Å². The summed E-state index contributed by atoms with van der Waals surface area (Å²) in [6, 6.07) is 1.47. The second-order valence-electron chi connectivity index (χ2n) is 6.09. The second-order valence-corrected chi connectivity index (χ2v) is 7.61. The average molecular weight is 242 g/mol. The van der Waals surface area contributed by atoms with Gasteiger partial charge in [-0.2, -0.15) is 11.8 Å². The first-order chi connectivity index (χ1) is 7.52. The van der Waals surface area contributed by atoms with Crippen LogP contribution in [0.3, 0.4) is 0 Å². The van der Waals surface area contributed by atoms with Crippen molar-refractivity contribution in [2.24, 2.45) is 5.92 Å². The van der Waals surface area contributed by atoms with E-state index >= 15 is 0 Å². The molecule has 1 heterocycles. The predicted molar refractivity (Wildman–Crippen MR) is 73.1 cm³/mol. The van der Waals surface area contributed by atoms with Gasteiger partial charge in [0, 0.05) is 36.5 Å². The molecule has 16 heavy (non-hydrogen) atoms. The molecular formula is C13H26N2S. The average Bonchev–Trinajstić information content (AvgIpc) is 3.05. The van der Waals surface area contributed by atoms with Crippen molar-refractivity contribution in [2.75, 3.05) is 25.9 Å². The van der Waals surface area contributed by atoms with Crippen molar-refractivity contribution in [1.82, 2.24) is 10.2 Å². The first-order valence-corrected chi connectivity index (χ1v) is 7.77. The molecule has 0 amide bonds. The van der Waals surface area contributed by atoms with E-state index in [9.17, 15) is 0 Å². The summed E-state index contributed by atoms with van der Waals surface area (Å²) < 4.78 is 0.389. The Kier molecular flexibility index (Phi) is 3.87. The number of thioether (sulfide) groups is 1. The molecule has 1 saturated carbocycles. The zero-order chi connectivity index (χ0) is 11.8. The van der Waals surface area contributed by atoms with E-state index in [2.05, 4.69) is 37.2 Å². The Balaban J connectivity index is 1.90. The van der Waals surface area contributed by atoms with Crippen LogP contribution in [0.5, 0.6) is 0 Å². The van der Waals surface area contributed by atoms with Crippen LogP contribution in [0, 0.1) is 5.92 Å². The molecule has 2 unspecified atom stereocenters. The Labute approximate surface area is 105 Å². The summed E-state index contributed by atoms with van der Waals surface area (Å²) in [6.07, 6.45) is 5.13. The summed E-state index contributed by atoms with van der Waals surface area (Å²) in [6.45, 7) is 10.7. The zero-order valence-corrected chi connectivity index (χ0v) is 11.9. The molecule has 0 bridgehead atoms. The van der Waals surface area contributed by atoms with E-state index in [1.807, 2.05) is 11.8 Å². The number of nitrogens with zero attached hydrogens (tertiary/aromatic N) is 1. The van der Waals surface area contributed by atoms with Gasteiger partial charge in [-0.3, -0.25) is 4.90 Å². The van der Waals surface area contributed by atoms with E-state index in [0.29, 0.717) is 10.8 Å². The van der Waals surface area contributed by atoms with Crippen molar-refractivity contribution in [3.05, 3.63) is 0 Å². The van der Waals surface area contributed by atoms with E-state index in [1.54, 1.807) is 0 Å². The molecule has 2 nitrogen and oxygen atoms in total. The zero-order valence-electron chi connectivity index (χ0n) is 11.1. The molecule has 94 valence electrons. The van der Waals surface area contributed by atoms with E-state index in [4.69, 9.17) is 0 Å². The van der Waals surface area contributed by atoms with Crippen LogP contribution >= 0.6 is 11.8 Å². The Hall–Kier alpha value is 0.270. The third-order valence-corrected chi connectivity index (χ3v) is 5.29. The van der Waals surface area contributed by atoms with Gasteiger partial charge in [-0.15, -0.1) is 0 Å². The van der Waals surface area contributed by atoms with E-state index in [-0.39, 0.29) is 0 Å². The summed E-state index contributed by atoms with van der Waals surface area (Å²) in [5, 5.41) is 3.72. The van der Waals surface area contributed by atoms with Crippen molar-refractivity contribution < 1.29 is 0 Å². The topological polar surface area (TPSA) is 15.3 Å². The van der Waals surface area contributed by atoms with Crippen LogP contribution in [0.1, 0.15) is 33.6 Å². The van der Waals surface area contributed by atoms with Crippen LogP contribution in [0.15, 0.2) is 0 Å². The third kappa shape index (κ3) is 3.14. The molecule has 0 radical (unpaired) electrons. The number of rotatable bonds is 4. The summed E-state index contributed by atoms with van der Waals surface area (Å²) in [5.41, 5.74) is 0. The normalized spacial score (nSPS) is 33.0. The Morgan fingerprint density at radius 2 is 2.06 bits per heavy atom. The standard InChI is InChI=1S/C13H26N2S/c1-10-7-14-12(11-5-6-11)8-15(10)9-13(2,3)16-4/h10-12,14H,5-9H2,1-4H3. The maximum atomic E-state index is 3.72. The highest BCUT2D eigenvalue weighted by molar-refractivity contribution is 7.99. The van der Waals surface area contributed by atoms with Crippen molar-refractivity contribution in [2.45, 2.75) is 50.4 Å². The molecule has 0 aromatic carbocycles. The third-order valence-electron chi connectivity index (χ3n) is 4.06. The van der Waals surface area contributed by atoms with Gasteiger partial charge in [0.15, 0.2) is 0 Å². The molecule has 2 rings (SSSR count). The van der Waals surface area contributed by atoms with E-state index in [0.717, 1.165) is 12.0 Å². The molecule has 3 heteroatoms. The lowest BCUT2D eigenvalue weighted by Crippen LogP contribution is -2.58. The smallest absolute Gasteiger partial charge is 0.0228 e. The SMILES string of the molecule is CSC(C)(C)CN1CC(C2CC2)NCC1C. The van der Waals surface area contributed by atoms with Crippen LogP contribution in [-0.4, -0.2) is 47.6 Å². The Morgan fingerprint density at radius 1 is 1.38 bits per heavy atom. The maximum Gasteiger partial charge on any atom is 0.0228 e. The molecule has 1 aliphatic carbocycles. The summed E-state index contributed by atoms with van der Waals surface area (Å²) in [7, 11) is 0. The van der Waals surface area contributed by atoms with Gasteiger partial charge >= 0.3 is 0 Å². The second kappa shape index (κ2) is 4.87. The Morgan fingerprint density at radius 3 is 2.62 bits per heavy atom. The number of hydrogen-bond acceptors (Lipinski definition) is 3. The number of hydrogen-bond donors (Lipinski definition) is 1. The molecule has 2 atom stereocenters. The monoisotopic (exact) mass is 242 g/mol. The van der Waals surface area contributed by atoms with Crippen molar-refractivity contribution >= 4 is 11.8 Å². The summed E-state index contributed by atoms with van der Waals surface area (Å²) >= 11 is 1.99. The van der Waals surface area contributed by atoms with Gasteiger partial charge in [0.2, 0.25) is 0 Å². The highest BCUT2D eigenvalue weighted by atomic mass is 32.2. The van der Waals surface area contributed by atoms with Crippen molar-refractivity contribution in [3.63, 3.8) is 0 Å². The highest BCUT2D eigenvalue weighted by Gasteiger charge is 2.37. The lowest BCUT2D eigenvalue weighted by atomic mass is 10.0. The quantitative estimate of drug-likeness (QED) is 0.813. The number of nitrogens with one attached hydrogen (secondary N) is 1. The molecule has 1 N–H and O–H groups in total. The molecule has 1 saturated heterocycles. The summed E-state index contributed by atoms with van der Waals surface area (Å²) in [5.74, 6) is 0.979. The van der Waals surface area contributed by atoms with Gasteiger partial charge in [0.25, 0.3) is 0 Å². The fourth-order valence-electron chi connectivity index (χ4n) is 2.54.